The highest BCUT2D eigenvalue weighted by Gasteiger charge is 2.28. The van der Waals surface area contributed by atoms with Gasteiger partial charge in [0.25, 0.3) is 0 Å². The molecule has 21 heavy (non-hydrogen) atoms. The van der Waals surface area contributed by atoms with Gasteiger partial charge in [0.1, 0.15) is 6.33 Å². The second-order valence-electron chi connectivity index (χ2n) is 5.73. The fourth-order valence-corrected chi connectivity index (χ4v) is 3.06. The van der Waals surface area contributed by atoms with Gasteiger partial charge in [-0.25, -0.2) is 9.67 Å². The zero-order chi connectivity index (χ0) is 14.7. The third-order valence-corrected chi connectivity index (χ3v) is 4.29. The fourth-order valence-electron chi connectivity index (χ4n) is 3.06. The van der Waals surface area contributed by atoms with Crippen molar-refractivity contribution in [2.24, 2.45) is 0 Å². The molecule has 2 aromatic rings. The van der Waals surface area contributed by atoms with Crippen molar-refractivity contribution in [2.45, 2.75) is 44.8 Å². The minimum absolute atomic E-state index is 0.212. The van der Waals surface area contributed by atoms with Gasteiger partial charge in [0.05, 0.1) is 18.8 Å². The highest BCUT2D eigenvalue weighted by molar-refractivity contribution is 5.29. The second-order valence-corrected chi connectivity index (χ2v) is 5.73. The third-order valence-electron chi connectivity index (χ3n) is 4.29. The third kappa shape index (κ3) is 3.14. The molecule has 0 bridgehead atoms. The monoisotopic (exact) mass is 286 g/mol. The number of rotatable bonds is 4. The first-order chi connectivity index (χ1) is 10.3. The number of aliphatic hydroxyl groups excluding tert-OH is 1. The molecule has 2 heterocycles. The number of para-hydroxylation sites is 1. The summed E-state index contributed by atoms with van der Waals surface area (Å²) in [5.74, 6) is 0.811. The van der Waals surface area contributed by atoms with E-state index in [-0.39, 0.29) is 12.6 Å². The summed E-state index contributed by atoms with van der Waals surface area (Å²) in [6, 6.07) is 10.7. The van der Waals surface area contributed by atoms with E-state index in [2.05, 4.69) is 21.9 Å². The standard InChI is InChI=1S/C16H22N4O/c1-13-6-5-9-15(11-21)19(13)10-16-17-12-20(18-16)14-7-3-2-4-8-14/h2-4,7-8,12-13,15,21H,5-6,9-11H2,1H3. The van der Waals surface area contributed by atoms with Gasteiger partial charge in [-0.15, -0.1) is 5.10 Å². The Hall–Kier alpha value is -1.72. The van der Waals surface area contributed by atoms with Crippen LogP contribution in [-0.2, 0) is 6.54 Å². The van der Waals surface area contributed by atoms with Crippen LogP contribution in [0.15, 0.2) is 36.7 Å². The van der Waals surface area contributed by atoms with Crippen LogP contribution in [0.4, 0.5) is 0 Å². The molecule has 0 radical (unpaired) electrons. The van der Waals surface area contributed by atoms with Crippen molar-refractivity contribution in [3.63, 3.8) is 0 Å². The molecular formula is C16H22N4O. The average Bonchev–Trinajstić information content (AvgIpc) is 2.99. The van der Waals surface area contributed by atoms with Crippen molar-refractivity contribution >= 4 is 0 Å². The Balaban J connectivity index is 1.74. The van der Waals surface area contributed by atoms with Gasteiger partial charge in [-0.05, 0) is 31.9 Å². The fraction of sp³-hybridized carbons (Fsp3) is 0.500. The van der Waals surface area contributed by atoms with Gasteiger partial charge < -0.3 is 5.11 Å². The zero-order valence-electron chi connectivity index (χ0n) is 12.4. The first kappa shape index (κ1) is 14.2. The Bertz CT molecular complexity index is 569. The lowest BCUT2D eigenvalue weighted by Gasteiger charge is -2.39. The van der Waals surface area contributed by atoms with Crippen LogP contribution < -0.4 is 0 Å². The Morgan fingerprint density at radius 1 is 1.24 bits per heavy atom. The van der Waals surface area contributed by atoms with Crippen molar-refractivity contribution in [1.29, 1.82) is 0 Å². The van der Waals surface area contributed by atoms with Crippen molar-refractivity contribution in [1.82, 2.24) is 19.7 Å². The van der Waals surface area contributed by atoms with Crippen molar-refractivity contribution in [3.8, 4) is 5.69 Å². The number of hydrogen-bond acceptors (Lipinski definition) is 4. The summed E-state index contributed by atoms with van der Waals surface area (Å²) in [5, 5.41) is 14.1. The van der Waals surface area contributed by atoms with Crippen LogP contribution in [0.5, 0.6) is 0 Å². The topological polar surface area (TPSA) is 54.2 Å². The number of benzene rings is 1. The van der Waals surface area contributed by atoms with Gasteiger partial charge in [0.15, 0.2) is 5.82 Å². The molecule has 1 aromatic carbocycles. The summed E-state index contributed by atoms with van der Waals surface area (Å²) in [7, 11) is 0. The quantitative estimate of drug-likeness (QED) is 0.934. The van der Waals surface area contributed by atoms with Gasteiger partial charge in [-0.2, -0.15) is 0 Å². The average molecular weight is 286 g/mol. The van der Waals surface area contributed by atoms with Crippen molar-refractivity contribution in [2.75, 3.05) is 6.61 Å². The Morgan fingerprint density at radius 3 is 2.81 bits per heavy atom. The molecule has 3 rings (SSSR count). The predicted molar refractivity (Wildman–Crippen MR) is 81.1 cm³/mol. The maximum Gasteiger partial charge on any atom is 0.165 e. The smallest absolute Gasteiger partial charge is 0.165 e. The lowest BCUT2D eigenvalue weighted by Crippen LogP contribution is -2.46. The van der Waals surface area contributed by atoms with E-state index in [1.54, 1.807) is 11.0 Å². The highest BCUT2D eigenvalue weighted by Crippen LogP contribution is 2.24. The molecule has 1 saturated heterocycles. The normalized spacial score (nSPS) is 23.3. The first-order valence-electron chi connectivity index (χ1n) is 7.60. The van der Waals surface area contributed by atoms with Crippen molar-refractivity contribution in [3.05, 3.63) is 42.5 Å². The van der Waals surface area contributed by atoms with E-state index in [9.17, 15) is 5.11 Å². The molecular weight excluding hydrogens is 264 g/mol. The largest absolute Gasteiger partial charge is 0.395 e. The molecule has 5 heteroatoms. The lowest BCUT2D eigenvalue weighted by molar-refractivity contribution is 0.0431. The van der Waals surface area contributed by atoms with Crippen LogP contribution in [0.3, 0.4) is 0 Å². The van der Waals surface area contributed by atoms with E-state index >= 15 is 0 Å². The molecule has 2 atom stereocenters. The first-order valence-corrected chi connectivity index (χ1v) is 7.60. The van der Waals surface area contributed by atoms with Crippen LogP contribution in [0.2, 0.25) is 0 Å². The number of aliphatic hydroxyl groups is 1. The molecule has 1 aliphatic rings. The number of likely N-dealkylation sites (tertiary alicyclic amines) is 1. The predicted octanol–water partition coefficient (Wildman–Crippen LogP) is 2.00. The van der Waals surface area contributed by atoms with Crippen LogP contribution in [-0.4, -0.2) is 43.5 Å². The number of piperidine rings is 1. The van der Waals surface area contributed by atoms with Gasteiger partial charge in [-0.1, -0.05) is 24.6 Å². The lowest BCUT2D eigenvalue weighted by atomic mass is 9.97. The second kappa shape index (κ2) is 6.37. The maximum atomic E-state index is 9.55. The Morgan fingerprint density at radius 2 is 2.05 bits per heavy atom. The summed E-state index contributed by atoms with van der Waals surface area (Å²) in [4.78, 5) is 6.75. The molecule has 2 unspecified atom stereocenters. The van der Waals surface area contributed by atoms with E-state index in [1.807, 2.05) is 30.3 Å². The summed E-state index contributed by atoms with van der Waals surface area (Å²) >= 11 is 0. The van der Waals surface area contributed by atoms with Crippen molar-refractivity contribution < 1.29 is 5.11 Å². The minimum atomic E-state index is 0.212. The Kier molecular flexibility index (Phi) is 4.31. The van der Waals surface area contributed by atoms with E-state index < -0.39 is 0 Å². The number of hydrogen-bond donors (Lipinski definition) is 1. The molecule has 1 aliphatic heterocycles. The molecule has 112 valence electrons. The Labute approximate surface area is 125 Å². The van der Waals surface area contributed by atoms with Crippen LogP contribution >= 0.6 is 0 Å². The maximum absolute atomic E-state index is 9.55. The highest BCUT2D eigenvalue weighted by atomic mass is 16.3. The molecule has 5 nitrogen and oxygen atoms in total. The van der Waals surface area contributed by atoms with Crippen LogP contribution in [0, 0.1) is 0 Å². The molecule has 1 aromatic heterocycles. The molecule has 0 amide bonds. The van der Waals surface area contributed by atoms with Gasteiger partial charge in [0, 0.05) is 12.1 Å². The zero-order valence-corrected chi connectivity index (χ0v) is 12.4. The molecule has 1 fully saturated rings. The molecule has 1 N–H and O–H groups in total. The number of nitrogens with zero attached hydrogens (tertiary/aromatic N) is 4. The summed E-state index contributed by atoms with van der Waals surface area (Å²) in [6.45, 7) is 3.13. The van der Waals surface area contributed by atoms with Gasteiger partial charge in [-0.3, -0.25) is 4.90 Å². The summed E-state index contributed by atoms with van der Waals surface area (Å²) in [5.41, 5.74) is 1.02. The van der Waals surface area contributed by atoms with E-state index in [1.165, 1.54) is 12.8 Å². The summed E-state index contributed by atoms with van der Waals surface area (Å²) in [6.07, 6.45) is 5.18. The molecule has 0 saturated carbocycles. The van der Waals surface area contributed by atoms with Crippen LogP contribution in [0.1, 0.15) is 32.0 Å². The summed E-state index contributed by atoms with van der Waals surface area (Å²) < 4.78 is 1.80. The van der Waals surface area contributed by atoms with E-state index in [0.29, 0.717) is 12.6 Å². The number of aromatic nitrogens is 3. The van der Waals surface area contributed by atoms with Gasteiger partial charge >= 0.3 is 0 Å². The minimum Gasteiger partial charge on any atom is -0.395 e. The van der Waals surface area contributed by atoms with E-state index in [4.69, 9.17) is 0 Å². The molecule has 0 spiro atoms. The van der Waals surface area contributed by atoms with Gasteiger partial charge in [0.2, 0.25) is 0 Å². The van der Waals surface area contributed by atoms with E-state index in [0.717, 1.165) is 17.9 Å². The molecule has 0 aliphatic carbocycles. The SMILES string of the molecule is CC1CCCC(CO)N1Cc1ncn(-c2ccccc2)n1. The van der Waals surface area contributed by atoms with Crippen LogP contribution in [0.25, 0.3) is 5.69 Å².